The smallest absolute Gasteiger partial charge is 0.238 e. The van der Waals surface area contributed by atoms with Crippen LogP contribution in [0.1, 0.15) is 0 Å². The molecule has 7 nitrogen and oxygen atoms in total. The van der Waals surface area contributed by atoms with Crippen LogP contribution in [0.25, 0.3) is 22.1 Å². The van der Waals surface area contributed by atoms with Crippen LogP contribution in [0.15, 0.2) is 59.3 Å². The average molecular weight is 405 g/mol. The number of hydrogen-bond acceptors (Lipinski definition) is 6. The van der Waals surface area contributed by atoms with E-state index in [1.807, 2.05) is 29.2 Å². The lowest BCUT2D eigenvalue weighted by molar-refractivity contribution is -0.117. The molecule has 1 N–H and O–H groups in total. The molecule has 1 aliphatic rings. The molecule has 1 saturated heterocycles. The highest BCUT2D eigenvalue weighted by Crippen LogP contribution is 2.32. The van der Waals surface area contributed by atoms with Gasteiger partial charge in [0.05, 0.1) is 12.2 Å². The third-order valence-corrected chi connectivity index (χ3v) is 5.33. The van der Waals surface area contributed by atoms with Crippen LogP contribution in [0.3, 0.4) is 0 Å². The number of furan rings is 1. The van der Waals surface area contributed by atoms with Crippen molar-refractivity contribution in [2.24, 2.45) is 0 Å². The molecular weight excluding hydrogens is 385 g/mol. The molecule has 152 valence electrons. The fourth-order valence-electron chi connectivity index (χ4n) is 3.81. The second-order valence-electron chi connectivity index (χ2n) is 7.26. The fourth-order valence-corrected chi connectivity index (χ4v) is 3.81. The number of anilines is 2. The van der Waals surface area contributed by atoms with Crippen molar-refractivity contribution in [3.63, 3.8) is 0 Å². The Balaban J connectivity index is 1.26. The van der Waals surface area contributed by atoms with Gasteiger partial charge in [-0.1, -0.05) is 24.3 Å². The summed E-state index contributed by atoms with van der Waals surface area (Å²) < 4.78 is 19.7. The highest BCUT2D eigenvalue weighted by atomic mass is 19.1. The molecule has 1 amide bonds. The van der Waals surface area contributed by atoms with Gasteiger partial charge in [0.15, 0.2) is 11.4 Å². The van der Waals surface area contributed by atoms with E-state index in [4.69, 9.17) is 4.42 Å². The highest BCUT2D eigenvalue weighted by Gasteiger charge is 2.23. The number of amides is 1. The van der Waals surface area contributed by atoms with E-state index in [9.17, 15) is 9.18 Å². The molecule has 2 aromatic carbocycles. The first kappa shape index (κ1) is 18.5. The van der Waals surface area contributed by atoms with E-state index in [1.54, 1.807) is 24.5 Å². The van der Waals surface area contributed by atoms with Gasteiger partial charge in [0.1, 0.15) is 23.2 Å². The lowest BCUT2D eigenvalue weighted by Gasteiger charge is -2.34. The lowest BCUT2D eigenvalue weighted by Crippen LogP contribution is -2.49. The molecule has 0 radical (unpaired) electrons. The van der Waals surface area contributed by atoms with Crippen LogP contribution in [-0.4, -0.2) is 53.5 Å². The molecule has 0 spiro atoms. The van der Waals surface area contributed by atoms with Crippen molar-refractivity contribution in [3.05, 3.63) is 60.7 Å². The van der Waals surface area contributed by atoms with Gasteiger partial charge >= 0.3 is 0 Å². The second-order valence-corrected chi connectivity index (χ2v) is 7.26. The summed E-state index contributed by atoms with van der Waals surface area (Å²) in [7, 11) is 0. The van der Waals surface area contributed by atoms with E-state index >= 15 is 0 Å². The fraction of sp³-hybridized carbons (Fsp3) is 0.227. The van der Waals surface area contributed by atoms with Crippen molar-refractivity contribution >= 4 is 39.5 Å². The molecule has 8 heteroatoms. The minimum absolute atomic E-state index is 0.203. The topological polar surface area (TPSA) is 74.5 Å². The number of benzene rings is 2. The van der Waals surface area contributed by atoms with E-state index in [1.165, 1.54) is 6.07 Å². The van der Waals surface area contributed by atoms with Gasteiger partial charge in [0.2, 0.25) is 5.91 Å². The van der Waals surface area contributed by atoms with Crippen LogP contribution < -0.4 is 10.2 Å². The maximum absolute atomic E-state index is 13.7. The first-order valence-corrected chi connectivity index (χ1v) is 9.83. The Hall–Kier alpha value is -3.52. The molecule has 4 aromatic rings. The summed E-state index contributed by atoms with van der Waals surface area (Å²) in [5.41, 5.74) is 2.49. The number of rotatable bonds is 4. The standard InChI is InChI=1S/C22H20FN5O2/c23-16-6-2-3-7-17(16)26-19(29)13-27-9-11-28(12-10-27)22-21-20(24-14-25-22)15-5-1-4-8-18(15)30-21/h1-8,14H,9-13H2,(H,26,29). The predicted octanol–water partition coefficient (Wildman–Crippen LogP) is 3.28. The van der Waals surface area contributed by atoms with Gasteiger partial charge in [-0.3, -0.25) is 9.69 Å². The summed E-state index contributed by atoms with van der Waals surface area (Å²) in [6, 6.07) is 14.0. The molecule has 30 heavy (non-hydrogen) atoms. The number of carbonyl (C=O) groups is 1. The van der Waals surface area contributed by atoms with Crippen molar-refractivity contribution < 1.29 is 13.6 Å². The number of carbonyl (C=O) groups excluding carboxylic acids is 1. The Kier molecular flexibility index (Phi) is 4.76. The van der Waals surface area contributed by atoms with Gasteiger partial charge in [-0.15, -0.1) is 0 Å². The molecule has 0 aliphatic carbocycles. The van der Waals surface area contributed by atoms with Gasteiger partial charge in [-0.05, 0) is 24.3 Å². The Bertz CT molecular complexity index is 1220. The lowest BCUT2D eigenvalue weighted by atomic mass is 10.2. The van der Waals surface area contributed by atoms with E-state index in [0.29, 0.717) is 31.8 Å². The molecule has 1 aliphatic heterocycles. The first-order valence-electron chi connectivity index (χ1n) is 9.83. The van der Waals surface area contributed by atoms with Crippen molar-refractivity contribution in [1.29, 1.82) is 0 Å². The SMILES string of the molecule is O=C(CN1CCN(c2ncnc3c2oc2ccccc23)CC1)Nc1ccccc1F. The van der Waals surface area contributed by atoms with Crippen molar-refractivity contribution in [2.45, 2.75) is 0 Å². The minimum atomic E-state index is -0.436. The molecule has 0 bridgehead atoms. The van der Waals surface area contributed by atoms with Gasteiger partial charge in [0, 0.05) is 31.6 Å². The van der Waals surface area contributed by atoms with Crippen molar-refractivity contribution in [2.75, 3.05) is 42.9 Å². The first-order chi connectivity index (χ1) is 14.7. The number of nitrogens with zero attached hydrogens (tertiary/aromatic N) is 4. The highest BCUT2D eigenvalue weighted by molar-refractivity contribution is 6.05. The van der Waals surface area contributed by atoms with Crippen LogP contribution in [0.2, 0.25) is 0 Å². The molecule has 0 saturated carbocycles. The van der Waals surface area contributed by atoms with Crippen LogP contribution in [-0.2, 0) is 4.79 Å². The number of nitrogens with one attached hydrogen (secondary N) is 1. The third-order valence-electron chi connectivity index (χ3n) is 5.33. The van der Waals surface area contributed by atoms with Crippen LogP contribution in [0, 0.1) is 5.82 Å². The van der Waals surface area contributed by atoms with Gasteiger partial charge in [-0.2, -0.15) is 0 Å². The molecule has 3 heterocycles. The zero-order valence-electron chi connectivity index (χ0n) is 16.2. The monoisotopic (exact) mass is 405 g/mol. The van der Waals surface area contributed by atoms with E-state index in [2.05, 4.69) is 20.2 Å². The van der Waals surface area contributed by atoms with E-state index < -0.39 is 5.82 Å². The summed E-state index contributed by atoms with van der Waals surface area (Å²) in [5, 5.41) is 3.61. The molecular formula is C22H20FN5O2. The van der Waals surface area contributed by atoms with Gasteiger partial charge < -0.3 is 14.6 Å². The number of piperazine rings is 1. The Morgan fingerprint density at radius 1 is 1.03 bits per heavy atom. The Morgan fingerprint density at radius 2 is 1.80 bits per heavy atom. The minimum Gasteiger partial charge on any atom is -0.450 e. The zero-order valence-corrected chi connectivity index (χ0v) is 16.2. The molecule has 1 fully saturated rings. The summed E-state index contributed by atoms with van der Waals surface area (Å²) in [4.78, 5) is 25.3. The van der Waals surface area contributed by atoms with Crippen LogP contribution in [0.5, 0.6) is 0 Å². The molecule has 0 atom stereocenters. The number of hydrogen-bond donors (Lipinski definition) is 1. The zero-order chi connectivity index (χ0) is 20.5. The van der Waals surface area contributed by atoms with Crippen molar-refractivity contribution in [3.8, 4) is 0 Å². The third kappa shape index (κ3) is 3.46. The Morgan fingerprint density at radius 3 is 2.63 bits per heavy atom. The summed E-state index contributed by atoms with van der Waals surface area (Å²) in [5.74, 6) is 0.108. The van der Waals surface area contributed by atoms with Crippen molar-refractivity contribution in [1.82, 2.24) is 14.9 Å². The Labute approximate surface area is 172 Å². The maximum atomic E-state index is 13.7. The number of para-hydroxylation sites is 2. The molecule has 5 rings (SSSR count). The second kappa shape index (κ2) is 7.72. The van der Waals surface area contributed by atoms with Crippen LogP contribution >= 0.6 is 0 Å². The summed E-state index contributed by atoms with van der Waals surface area (Å²) >= 11 is 0. The number of aromatic nitrogens is 2. The molecule has 0 unspecified atom stereocenters. The summed E-state index contributed by atoms with van der Waals surface area (Å²) in [6.45, 7) is 3.01. The van der Waals surface area contributed by atoms with Gasteiger partial charge in [-0.25, -0.2) is 14.4 Å². The maximum Gasteiger partial charge on any atom is 0.238 e. The predicted molar refractivity (Wildman–Crippen MR) is 113 cm³/mol. The largest absolute Gasteiger partial charge is 0.450 e. The number of fused-ring (bicyclic) bond motifs is 3. The quantitative estimate of drug-likeness (QED) is 0.562. The van der Waals surface area contributed by atoms with E-state index in [-0.39, 0.29) is 18.1 Å². The van der Waals surface area contributed by atoms with E-state index in [0.717, 1.165) is 22.3 Å². The van der Waals surface area contributed by atoms with Gasteiger partial charge in [0.25, 0.3) is 0 Å². The summed E-state index contributed by atoms with van der Waals surface area (Å²) in [6.07, 6.45) is 1.56. The molecule has 2 aromatic heterocycles. The number of halogens is 1. The van der Waals surface area contributed by atoms with Crippen LogP contribution in [0.4, 0.5) is 15.9 Å². The average Bonchev–Trinajstić information content (AvgIpc) is 3.15. The normalized spacial score (nSPS) is 15.0.